The fourth-order valence-corrected chi connectivity index (χ4v) is 2.58. The standard InChI is InChI=1S/C19H21F3N2O/c1-11-5-6-14(12(2)9-11)10-24(4)13(3)19(25)23-16-8-7-15(20)17(21)18(16)22/h5-9,13H,10H2,1-4H3,(H,23,25)/p+1/t13-/m0/s1. The molecule has 0 radical (unpaired) electrons. The van der Waals surface area contributed by atoms with Crippen molar-refractivity contribution in [3.63, 3.8) is 0 Å². The summed E-state index contributed by atoms with van der Waals surface area (Å²) in [6.07, 6.45) is 0. The van der Waals surface area contributed by atoms with E-state index in [1.807, 2.05) is 33.0 Å². The molecular formula is C19H22F3N2O+. The molecule has 25 heavy (non-hydrogen) atoms. The largest absolute Gasteiger partial charge is 0.324 e. The Balaban J connectivity index is 2.07. The number of rotatable bonds is 5. The Labute approximate surface area is 145 Å². The van der Waals surface area contributed by atoms with Crippen molar-refractivity contribution in [2.75, 3.05) is 12.4 Å². The van der Waals surface area contributed by atoms with Gasteiger partial charge < -0.3 is 10.2 Å². The van der Waals surface area contributed by atoms with Crippen LogP contribution in [0, 0.1) is 31.3 Å². The maximum absolute atomic E-state index is 13.7. The van der Waals surface area contributed by atoms with Crippen molar-refractivity contribution in [3.05, 3.63) is 64.5 Å². The Hall–Kier alpha value is -2.34. The third kappa shape index (κ3) is 4.39. The molecule has 0 heterocycles. The van der Waals surface area contributed by atoms with E-state index in [1.54, 1.807) is 6.92 Å². The van der Waals surface area contributed by atoms with Crippen LogP contribution in [0.5, 0.6) is 0 Å². The molecule has 0 saturated heterocycles. The lowest BCUT2D eigenvalue weighted by atomic mass is 10.0. The molecule has 3 nitrogen and oxygen atoms in total. The van der Waals surface area contributed by atoms with Gasteiger partial charge in [-0.15, -0.1) is 0 Å². The predicted octanol–water partition coefficient (Wildman–Crippen LogP) is 2.76. The Bertz CT molecular complexity index is 792. The van der Waals surface area contributed by atoms with Gasteiger partial charge in [0.25, 0.3) is 5.91 Å². The number of anilines is 1. The summed E-state index contributed by atoms with van der Waals surface area (Å²) in [5, 5.41) is 2.33. The van der Waals surface area contributed by atoms with Gasteiger partial charge in [-0.05, 0) is 38.5 Å². The van der Waals surface area contributed by atoms with E-state index < -0.39 is 29.4 Å². The van der Waals surface area contributed by atoms with E-state index >= 15 is 0 Å². The van der Waals surface area contributed by atoms with Crippen LogP contribution in [0.15, 0.2) is 30.3 Å². The Morgan fingerprint density at radius 3 is 2.44 bits per heavy atom. The fraction of sp³-hybridized carbons (Fsp3) is 0.316. The minimum absolute atomic E-state index is 0.366. The van der Waals surface area contributed by atoms with Gasteiger partial charge in [-0.2, -0.15) is 0 Å². The van der Waals surface area contributed by atoms with Crippen molar-refractivity contribution in [2.24, 2.45) is 0 Å². The zero-order chi connectivity index (χ0) is 18.7. The lowest BCUT2D eigenvalue weighted by molar-refractivity contribution is -0.907. The Kier molecular flexibility index (Phi) is 5.85. The molecule has 0 fully saturated rings. The number of benzene rings is 2. The van der Waals surface area contributed by atoms with Crippen LogP contribution in [0.2, 0.25) is 0 Å². The first kappa shape index (κ1) is 19.0. The van der Waals surface area contributed by atoms with Crippen LogP contribution < -0.4 is 10.2 Å². The number of halogens is 3. The molecule has 0 aliphatic rings. The first-order valence-electron chi connectivity index (χ1n) is 8.03. The van der Waals surface area contributed by atoms with Crippen molar-refractivity contribution >= 4 is 11.6 Å². The van der Waals surface area contributed by atoms with E-state index in [1.165, 1.54) is 5.56 Å². The maximum Gasteiger partial charge on any atom is 0.282 e. The van der Waals surface area contributed by atoms with Crippen LogP contribution in [0.4, 0.5) is 18.9 Å². The van der Waals surface area contributed by atoms with E-state index in [-0.39, 0.29) is 5.69 Å². The first-order valence-corrected chi connectivity index (χ1v) is 8.03. The van der Waals surface area contributed by atoms with Crippen LogP contribution in [0.3, 0.4) is 0 Å². The van der Waals surface area contributed by atoms with Crippen molar-refractivity contribution in [1.82, 2.24) is 0 Å². The van der Waals surface area contributed by atoms with Gasteiger partial charge in [0.1, 0.15) is 6.54 Å². The Morgan fingerprint density at radius 2 is 1.80 bits per heavy atom. The van der Waals surface area contributed by atoms with Crippen LogP contribution in [0.25, 0.3) is 0 Å². The van der Waals surface area contributed by atoms with Gasteiger partial charge in [0.2, 0.25) is 0 Å². The molecule has 0 aliphatic heterocycles. The van der Waals surface area contributed by atoms with Crippen molar-refractivity contribution in [1.29, 1.82) is 0 Å². The van der Waals surface area contributed by atoms with Crippen LogP contribution in [0.1, 0.15) is 23.6 Å². The molecule has 2 aromatic rings. The van der Waals surface area contributed by atoms with Crippen molar-refractivity contribution in [3.8, 4) is 0 Å². The van der Waals surface area contributed by atoms with Gasteiger partial charge in [0.05, 0.1) is 12.7 Å². The average Bonchev–Trinajstić information content (AvgIpc) is 2.57. The second kappa shape index (κ2) is 7.70. The maximum atomic E-state index is 13.7. The molecule has 0 aromatic heterocycles. The first-order chi connectivity index (χ1) is 11.7. The second-order valence-corrected chi connectivity index (χ2v) is 6.39. The number of quaternary nitrogens is 1. The van der Waals surface area contributed by atoms with E-state index in [0.717, 1.165) is 28.2 Å². The highest BCUT2D eigenvalue weighted by Crippen LogP contribution is 2.19. The van der Waals surface area contributed by atoms with E-state index in [4.69, 9.17) is 0 Å². The van der Waals surface area contributed by atoms with Crippen LogP contribution in [-0.2, 0) is 11.3 Å². The minimum atomic E-state index is -1.60. The number of hydrogen-bond acceptors (Lipinski definition) is 1. The molecule has 2 atom stereocenters. The minimum Gasteiger partial charge on any atom is -0.324 e. The lowest BCUT2D eigenvalue weighted by Gasteiger charge is -2.22. The molecule has 0 bridgehead atoms. The number of nitrogens with one attached hydrogen (secondary N) is 2. The van der Waals surface area contributed by atoms with E-state index in [0.29, 0.717) is 6.54 Å². The van der Waals surface area contributed by atoms with Crippen molar-refractivity contribution in [2.45, 2.75) is 33.4 Å². The number of carbonyl (C=O) groups excluding carboxylic acids is 1. The summed E-state index contributed by atoms with van der Waals surface area (Å²) in [6, 6.07) is 7.39. The van der Waals surface area contributed by atoms with Crippen molar-refractivity contribution < 1.29 is 22.9 Å². The SMILES string of the molecule is Cc1ccc(C[NH+](C)[C@@H](C)C(=O)Nc2ccc(F)c(F)c2F)c(C)c1. The predicted molar refractivity (Wildman–Crippen MR) is 90.9 cm³/mol. The molecule has 2 aromatic carbocycles. The summed E-state index contributed by atoms with van der Waals surface area (Å²) < 4.78 is 39.9. The molecule has 0 saturated carbocycles. The van der Waals surface area contributed by atoms with Gasteiger partial charge in [-0.25, -0.2) is 13.2 Å². The summed E-state index contributed by atoms with van der Waals surface area (Å²) in [6.45, 7) is 6.34. The zero-order valence-corrected chi connectivity index (χ0v) is 14.7. The average molecular weight is 351 g/mol. The second-order valence-electron chi connectivity index (χ2n) is 6.39. The zero-order valence-electron chi connectivity index (χ0n) is 14.7. The number of aryl methyl sites for hydroxylation is 2. The summed E-state index contributed by atoms with van der Waals surface area (Å²) in [5.74, 6) is -4.75. The number of hydrogen-bond donors (Lipinski definition) is 2. The molecule has 2 rings (SSSR count). The Morgan fingerprint density at radius 1 is 1.12 bits per heavy atom. The molecule has 1 amide bonds. The van der Waals surface area contributed by atoms with E-state index in [2.05, 4.69) is 11.4 Å². The third-order valence-electron chi connectivity index (χ3n) is 4.39. The van der Waals surface area contributed by atoms with Gasteiger partial charge in [-0.3, -0.25) is 4.79 Å². The quantitative estimate of drug-likeness (QED) is 0.798. The molecule has 6 heteroatoms. The molecular weight excluding hydrogens is 329 g/mol. The number of amides is 1. The van der Waals surface area contributed by atoms with Gasteiger partial charge >= 0.3 is 0 Å². The lowest BCUT2D eigenvalue weighted by Crippen LogP contribution is -3.12. The highest BCUT2D eigenvalue weighted by Gasteiger charge is 2.24. The molecule has 134 valence electrons. The van der Waals surface area contributed by atoms with Gasteiger partial charge in [0, 0.05) is 5.56 Å². The highest BCUT2D eigenvalue weighted by atomic mass is 19.2. The summed E-state index contributed by atoms with van der Waals surface area (Å²) in [4.78, 5) is 13.2. The van der Waals surface area contributed by atoms with Crippen LogP contribution >= 0.6 is 0 Å². The smallest absolute Gasteiger partial charge is 0.282 e. The summed E-state index contributed by atoms with van der Waals surface area (Å²) in [7, 11) is 1.85. The molecule has 0 aliphatic carbocycles. The molecule has 0 spiro atoms. The molecule has 2 N–H and O–H groups in total. The summed E-state index contributed by atoms with van der Waals surface area (Å²) >= 11 is 0. The number of likely N-dealkylation sites (N-methyl/N-ethyl adjacent to an activating group) is 1. The van der Waals surface area contributed by atoms with Crippen LogP contribution in [-0.4, -0.2) is 19.0 Å². The summed E-state index contributed by atoms with van der Waals surface area (Å²) in [5.41, 5.74) is 3.05. The fourth-order valence-electron chi connectivity index (χ4n) is 2.58. The normalized spacial score (nSPS) is 13.4. The topological polar surface area (TPSA) is 33.5 Å². The van der Waals surface area contributed by atoms with E-state index in [9.17, 15) is 18.0 Å². The highest BCUT2D eigenvalue weighted by molar-refractivity contribution is 5.93. The van der Waals surface area contributed by atoms with Gasteiger partial charge in [-0.1, -0.05) is 23.8 Å². The van der Waals surface area contributed by atoms with Gasteiger partial charge in [0.15, 0.2) is 23.5 Å². The third-order valence-corrected chi connectivity index (χ3v) is 4.39. The molecule has 1 unspecified atom stereocenters. The number of carbonyl (C=O) groups is 1. The monoisotopic (exact) mass is 351 g/mol.